The molecule has 0 aliphatic carbocycles. The molecule has 0 saturated carbocycles. The summed E-state index contributed by atoms with van der Waals surface area (Å²) in [5, 5.41) is 17.1. The number of fused-ring (bicyclic) bond motifs is 1. The molecule has 4 rings (SSSR count). The van der Waals surface area contributed by atoms with E-state index in [0.29, 0.717) is 10.4 Å². The number of ketones is 1. The summed E-state index contributed by atoms with van der Waals surface area (Å²) in [6, 6.07) is 8.75. The highest BCUT2D eigenvalue weighted by Gasteiger charge is 2.23. The minimum absolute atomic E-state index is 0.0612. The summed E-state index contributed by atoms with van der Waals surface area (Å²) < 4.78 is 40.4. The highest BCUT2D eigenvalue weighted by molar-refractivity contribution is 7.90. The summed E-state index contributed by atoms with van der Waals surface area (Å²) >= 11 is 6.05. The number of nitrogens with zero attached hydrogens (tertiary/aromatic N) is 3. The second-order valence-corrected chi connectivity index (χ2v) is 8.44. The van der Waals surface area contributed by atoms with Gasteiger partial charge in [-0.05, 0) is 42.5 Å². The van der Waals surface area contributed by atoms with Crippen molar-refractivity contribution in [1.82, 2.24) is 19.2 Å². The van der Waals surface area contributed by atoms with Gasteiger partial charge in [-0.2, -0.15) is 5.10 Å². The quantitative estimate of drug-likeness (QED) is 0.275. The van der Waals surface area contributed by atoms with Crippen molar-refractivity contribution in [2.24, 2.45) is 0 Å². The number of allylic oxidation sites excluding steroid dienone is 1. The van der Waals surface area contributed by atoms with E-state index >= 15 is 0 Å². The van der Waals surface area contributed by atoms with Gasteiger partial charge in [0.2, 0.25) is 5.78 Å². The molecule has 0 unspecified atom stereocenters. The number of aliphatic hydroxyl groups excluding tert-OH is 1. The molecule has 8 nitrogen and oxygen atoms in total. The van der Waals surface area contributed by atoms with E-state index in [4.69, 9.17) is 11.6 Å². The van der Waals surface area contributed by atoms with Gasteiger partial charge in [-0.1, -0.05) is 11.6 Å². The number of benzene rings is 2. The molecule has 2 aromatic carbocycles. The van der Waals surface area contributed by atoms with Crippen molar-refractivity contribution in [2.45, 2.75) is 4.90 Å². The molecule has 2 heterocycles. The monoisotopic (exact) mass is 446 g/mol. The maximum Gasteiger partial charge on any atom is 0.268 e. The Hall–Kier alpha value is -3.50. The van der Waals surface area contributed by atoms with Crippen molar-refractivity contribution in [2.75, 3.05) is 0 Å². The van der Waals surface area contributed by atoms with Crippen LogP contribution in [0, 0.1) is 5.82 Å². The van der Waals surface area contributed by atoms with Gasteiger partial charge in [-0.25, -0.2) is 21.8 Å². The van der Waals surface area contributed by atoms with Crippen LogP contribution in [0.4, 0.5) is 4.39 Å². The molecule has 0 fully saturated rings. The first kappa shape index (κ1) is 19.8. The zero-order valence-electron chi connectivity index (χ0n) is 15.0. The molecular weight excluding hydrogens is 435 g/mol. The summed E-state index contributed by atoms with van der Waals surface area (Å²) in [7, 11) is -4.12. The van der Waals surface area contributed by atoms with Gasteiger partial charge in [-0.15, -0.1) is 0 Å². The number of nitrogens with one attached hydrogen (secondary N) is 1. The highest BCUT2D eigenvalue weighted by atomic mass is 35.5. The average molecular weight is 447 g/mol. The molecule has 4 aromatic rings. The van der Waals surface area contributed by atoms with Crippen molar-refractivity contribution in [1.29, 1.82) is 0 Å². The Bertz CT molecular complexity index is 1390. The largest absolute Gasteiger partial charge is 0.507 e. The third kappa shape index (κ3) is 3.46. The fourth-order valence-electron chi connectivity index (χ4n) is 2.89. The van der Waals surface area contributed by atoms with E-state index in [1.165, 1.54) is 24.4 Å². The van der Waals surface area contributed by atoms with E-state index in [2.05, 4.69) is 15.2 Å². The fraction of sp³-hybridized carbons (Fsp3) is 0. The summed E-state index contributed by atoms with van der Waals surface area (Å²) in [6.07, 6.45) is 3.20. The lowest BCUT2D eigenvalue weighted by Gasteiger charge is -2.07. The normalized spacial score (nSPS) is 12.4. The lowest BCUT2D eigenvalue weighted by molar-refractivity contribution is 0.103. The lowest BCUT2D eigenvalue weighted by Crippen LogP contribution is -2.11. The van der Waals surface area contributed by atoms with Gasteiger partial charge in [0, 0.05) is 28.2 Å². The molecule has 0 amide bonds. The van der Waals surface area contributed by atoms with Crippen molar-refractivity contribution in [3.63, 3.8) is 0 Å². The maximum absolute atomic E-state index is 13.2. The molecule has 0 bridgehead atoms. The van der Waals surface area contributed by atoms with Crippen LogP contribution in [0.25, 0.3) is 16.7 Å². The van der Waals surface area contributed by atoms with Crippen LogP contribution in [0.1, 0.15) is 16.2 Å². The first-order chi connectivity index (χ1) is 14.3. The number of carbonyl (C=O) groups excluding carboxylic acids is 1. The molecule has 0 saturated heterocycles. The molecule has 152 valence electrons. The van der Waals surface area contributed by atoms with Crippen LogP contribution in [0.2, 0.25) is 5.02 Å². The van der Waals surface area contributed by atoms with E-state index in [9.17, 15) is 22.7 Å². The van der Waals surface area contributed by atoms with Crippen LogP contribution in [-0.4, -0.2) is 38.5 Å². The number of hydrogen-bond acceptors (Lipinski definition) is 6. The van der Waals surface area contributed by atoms with Gasteiger partial charge in [0.05, 0.1) is 10.4 Å². The number of aromatic nitrogens is 4. The number of aromatic amines is 1. The van der Waals surface area contributed by atoms with Crippen molar-refractivity contribution < 1.29 is 22.7 Å². The molecule has 0 aliphatic heterocycles. The van der Waals surface area contributed by atoms with E-state index < -0.39 is 27.4 Å². The molecule has 2 aromatic heterocycles. The number of rotatable bonds is 5. The Balaban J connectivity index is 1.89. The molecular formula is C19H12ClFN4O4S. The number of H-pyrrole nitrogens is 1. The summed E-state index contributed by atoms with van der Waals surface area (Å²) in [5.41, 5.74) is 0.275. The van der Waals surface area contributed by atoms with Gasteiger partial charge in [0.25, 0.3) is 10.0 Å². The van der Waals surface area contributed by atoms with Crippen molar-refractivity contribution in [3.05, 3.63) is 83.3 Å². The average Bonchev–Trinajstić information content (AvgIpc) is 3.36. The Morgan fingerprint density at radius 2 is 1.93 bits per heavy atom. The van der Waals surface area contributed by atoms with Crippen LogP contribution in [0.15, 0.2) is 66.0 Å². The predicted octanol–water partition coefficient (Wildman–Crippen LogP) is 3.57. The molecule has 30 heavy (non-hydrogen) atoms. The predicted molar refractivity (Wildman–Crippen MR) is 107 cm³/mol. The number of carbonyl (C=O) groups is 1. The van der Waals surface area contributed by atoms with Gasteiger partial charge >= 0.3 is 0 Å². The smallest absolute Gasteiger partial charge is 0.268 e. The first-order valence-corrected chi connectivity index (χ1v) is 10.2. The number of halogens is 2. The second-order valence-electron chi connectivity index (χ2n) is 6.19. The third-order valence-electron chi connectivity index (χ3n) is 4.30. The minimum atomic E-state index is -4.12. The van der Waals surface area contributed by atoms with E-state index in [1.54, 1.807) is 0 Å². The zero-order chi connectivity index (χ0) is 21.5. The standard InChI is InChI=1S/C19H12ClFN4O4S/c20-11-1-6-16-14(7-11)15(17(26)8-18(27)19-22-10-23-24-19)9-25(16)30(28,29)13-4-2-12(21)3-5-13/h1-10,26H,(H,22,23,24)/b17-8+. The highest BCUT2D eigenvalue weighted by Crippen LogP contribution is 2.31. The van der Waals surface area contributed by atoms with Crippen LogP contribution < -0.4 is 0 Å². The van der Waals surface area contributed by atoms with Gasteiger partial charge < -0.3 is 5.11 Å². The molecule has 0 atom stereocenters. The fourth-order valence-corrected chi connectivity index (χ4v) is 4.43. The van der Waals surface area contributed by atoms with Crippen LogP contribution in [0.3, 0.4) is 0 Å². The maximum atomic E-state index is 13.2. The topological polar surface area (TPSA) is 118 Å². The molecule has 11 heteroatoms. The second kappa shape index (κ2) is 7.39. The Kier molecular flexibility index (Phi) is 4.88. The third-order valence-corrected chi connectivity index (χ3v) is 6.22. The Morgan fingerprint density at radius 1 is 1.20 bits per heavy atom. The van der Waals surface area contributed by atoms with Crippen LogP contribution in [0.5, 0.6) is 0 Å². The van der Waals surface area contributed by atoms with Crippen LogP contribution in [-0.2, 0) is 10.0 Å². The Morgan fingerprint density at radius 3 is 2.60 bits per heavy atom. The summed E-state index contributed by atoms with van der Waals surface area (Å²) in [5.74, 6) is -1.82. The van der Waals surface area contributed by atoms with E-state index in [-0.39, 0.29) is 21.8 Å². The molecule has 0 spiro atoms. The summed E-state index contributed by atoms with van der Waals surface area (Å²) in [6.45, 7) is 0. The first-order valence-electron chi connectivity index (χ1n) is 8.40. The summed E-state index contributed by atoms with van der Waals surface area (Å²) in [4.78, 5) is 15.7. The minimum Gasteiger partial charge on any atom is -0.507 e. The van der Waals surface area contributed by atoms with Gasteiger partial charge in [0.1, 0.15) is 17.9 Å². The number of hydrogen-bond donors (Lipinski definition) is 2. The van der Waals surface area contributed by atoms with Crippen molar-refractivity contribution >= 4 is 44.1 Å². The van der Waals surface area contributed by atoms with E-state index in [1.807, 2.05) is 0 Å². The molecule has 0 radical (unpaired) electrons. The Labute approximate surface area is 174 Å². The number of aliphatic hydroxyl groups is 1. The lowest BCUT2D eigenvalue weighted by atomic mass is 10.1. The molecule has 0 aliphatic rings. The SMILES string of the molecule is O=C(/C=C(/O)c1cn(S(=O)(=O)c2ccc(F)cc2)c2ccc(Cl)cc12)c1ncn[nH]1. The van der Waals surface area contributed by atoms with E-state index in [0.717, 1.165) is 40.6 Å². The molecule has 2 N–H and O–H groups in total. The van der Waals surface area contributed by atoms with Gasteiger partial charge in [0.15, 0.2) is 5.82 Å². The zero-order valence-corrected chi connectivity index (χ0v) is 16.5. The van der Waals surface area contributed by atoms with Gasteiger partial charge in [-0.3, -0.25) is 9.89 Å². The van der Waals surface area contributed by atoms with Crippen molar-refractivity contribution in [3.8, 4) is 0 Å². The van der Waals surface area contributed by atoms with Crippen LogP contribution >= 0.6 is 11.6 Å².